The first kappa shape index (κ1) is 16.0. The molecule has 2 aliphatic rings. The molecule has 4 rings (SSSR count). The van der Waals surface area contributed by atoms with Crippen LogP contribution in [0.4, 0.5) is 0 Å². The zero-order valence-electron chi connectivity index (χ0n) is 13.9. The van der Waals surface area contributed by atoms with E-state index in [-0.39, 0.29) is 29.8 Å². The molecule has 2 aliphatic heterocycles. The van der Waals surface area contributed by atoms with E-state index in [0.29, 0.717) is 23.4 Å². The van der Waals surface area contributed by atoms with E-state index >= 15 is 0 Å². The molecule has 5 nitrogen and oxygen atoms in total. The number of benzene rings is 2. The van der Waals surface area contributed by atoms with Crippen LogP contribution in [-0.4, -0.2) is 34.0 Å². The summed E-state index contributed by atoms with van der Waals surface area (Å²) < 4.78 is 6.06. The molecule has 2 aromatic rings. The van der Waals surface area contributed by atoms with Crippen LogP contribution in [0, 0.1) is 0 Å². The van der Waals surface area contributed by atoms with Gasteiger partial charge in [-0.25, -0.2) is 0 Å². The molecule has 0 amide bonds. The quantitative estimate of drug-likeness (QED) is 0.897. The molecular formula is C20H21NO4. The summed E-state index contributed by atoms with van der Waals surface area (Å²) in [6.45, 7) is 2.57. The Hall–Kier alpha value is -2.53. The number of ether oxygens (including phenoxy) is 1. The third-order valence-corrected chi connectivity index (χ3v) is 5.01. The largest absolute Gasteiger partial charge is 0.508 e. The molecule has 2 heterocycles. The van der Waals surface area contributed by atoms with Crippen LogP contribution in [0.5, 0.6) is 17.2 Å². The second kappa shape index (κ2) is 6.41. The number of ketones is 1. The number of phenols is 2. The average molecular weight is 339 g/mol. The first-order chi connectivity index (χ1) is 12.1. The van der Waals surface area contributed by atoms with Gasteiger partial charge in [0.25, 0.3) is 0 Å². The lowest BCUT2D eigenvalue weighted by Crippen LogP contribution is -2.25. The minimum absolute atomic E-state index is 0.00979. The second-order valence-corrected chi connectivity index (χ2v) is 6.74. The van der Waals surface area contributed by atoms with Gasteiger partial charge in [-0.3, -0.25) is 9.69 Å². The molecule has 0 aromatic heterocycles. The minimum atomic E-state index is -0.371. The van der Waals surface area contributed by atoms with Gasteiger partial charge < -0.3 is 14.9 Å². The number of fused-ring (bicyclic) bond motifs is 1. The molecular weight excluding hydrogens is 318 g/mol. The van der Waals surface area contributed by atoms with Crippen molar-refractivity contribution in [1.29, 1.82) is 0 Å². The Morgan fingerprint density at radius 3 is 2.48 bits per heavy atom. The molecule has 1 unspecified atom stereocenters. The normalized spacial score (nSPS) is 20.3. The van der Waals surface area contributed by atoms with Gasteiger partial charge >= 0.3 is 0 Å². The van der Waals surface area contributed by atoms with Gasteiger partial charge in [0.1, 0.15) is 23.4 Å². The third-order valence-electron chi connectivity index (χ3n) is 5.01. The van der Waals surface area contributed by atoms with Crippen molar-refractivity contribution in [3.05, 3.63) is 53.1 Å². The fourth-order valence-corrected chi connectivity index (χ4v) is 3.68. The number of Topliss-reactive ketones (excluding diaryl/α,β-unsaturated/α-hetero) is 1. The standard InChI is InChI=1S/C20H21NO4/c22-14-5-3-13(4-6-14)19-11-17(24)20-15(12-21-9-1-2-10-21)16(23)7-8-18(20)25-19/h3-8,19,22-23H,1-2,9-12H2. The van der Waals surface area contributed by atoms with Crippen molar-refractivity contribution in [1.82, 2.24) is 4.90 Å². The van der Waals surface area contributed by atoms with Crippen LogP contribution in [0.3, 0.4) is 0 Å². The summed E-state index contributed by atoms with van der Waals surface area (Å²) in [5.41, 5.74) is 2.04. The van der Waals surface area contributed by atoms with Crippen molar-refractivity contribution in [3.63, 3.8) is 0 Å². The lowest BCUT2D eigenvalue weighted by Gasteiger charge is -2.28. The monoisotopic (exact) mass is 339 g/mol. The van der Waals surface area contributed by atoms with Gasteiger partial charge in [0.05, 0.1) is 12.0 Å². The second-order valence-electron chi connectivity index (χ2n) is 6.74. The molecule has 0 saturated carbocycles. The number of nitrogens with zero attached hydrogens (tertiary/aromatic N) is 1. The Labute approximate surface area is 146 Å². The summed E-state index contributed by atoms with van der Waals surface area (Å²) in [6, 6.07) is 10.00. The molecule has 0 bridgehead atoms. The SMILES string of the molecule is O=C1CC(c2ccc(O)cc2)Oc2ccc(O)c(CN3CCCC3)c21. The molecule has 1 atom stereocenters. The number of aromatic hydroxyl groups is 2. The third kappa shape index (κ3) is 3.07. The summed E-state index contributed by atoms with van der Waals surface area (Å²) in [5.74, 6) is 0.862. The van der Waals surface area contributed by atoms with Gasteiger partial charge in [-0.2, -0.15) is 0 Å². The van der Waals surface area contributed by atoms with Gasteiger partial charge in [-0.05, 0) is 55.8 Å². The smallest absolute Gasteiger partial charge is 0.171 e. The van der Waals surface area contributed by atoms with E-state index in [1.165, 1.54) is 0 Å². The Bertz CT molecular complexity index is 794. The van der Waals surface area contributed by atoms with E-state index in [1.807, 2.05) is 0 Å². The van der Waals surface area contributed by atoms with Crippen molar-refractivity contribution in [2.45, 2.75) is 31.9 Å². The maximum Gasteiger partial charge on any atom is 0.171 e. The van der Waals surface area contributed by atoms with Crippen molar-refractivity contribution in [3.8, 4) is 17.2 Å². The maximum absolute atomic E-state index is 12.8. The van der Waals surface area contributed by atoms with Crippen molar-refractivity contribution in [2.24, 2.45) is 0 Å². The molecule has 0 aliphatic carbocycles. The van der Waals surface area contributed by atoms with E-state index in [0.717, 1.165) is 31.5 Å². The lowest BCUT2D eigenvalue weighted by atomic mass is 9.92. The Morgan fingerprint density at radius 1 is 1.04 bits per heavy atom. The van der Waals surface area contributed by atoms with E-state index in [1.54, 1.807) is 36.4 Å². The number of hydrogen-bond acceptors (Lipinski definition) is 5. The highest BCUT2D eigenvalue weighted by Crippen LogP contribution is 2.40. The number of hydrogen-bond donors (Lipinski definition) is 2. The molecule has 130 valence electrons. The Morgan fingerprint density at radius 2 is 1.76 bits per heavy atom. The zero-order valence-corrected chi connectivity index (χ0v) is 13.9. The van der Waals surface area contributed by atoms with E-state index in [9.17, 15) is 15.0 Å². The van der Waals surface area contributed by atoms with Gasteiger partial charge in [0.15, 0.2) is 5.78 Å². The number of carbonyl (C=O) groups is 1. The summed E-state index contributed by atoms with van der Waals surface area (Å²) in [6.07, 6.45) is 2.17. The fourth-order valence-electron chi connectivity index (χ4n) is 3.68. The van der Waals surface area contributed by atoms with Crippen LogP contribution in [0.1, 0.15) is 46.9 Å². The number of rotatable bonds is 3. The molecule has 0 radical (unpaired) electrons. The predicted molar refractivity (Wildman–Crippen MR) is 93.0 cm³/mol. The predicted octanol–water partition coefficient (Wildman–Crippen LogP) is 3.40. The molecule has 1 saturated heterocycles. The maximum atomic E-state index is 12.8. The molecule has 25 heavy (non-hydrogen) atoms. The van der Waals surface area contributed by atoms with Crippen LogP contribution in [0.15, 0.2) is 36.4 Å². The average Bonchev–Trinajstić information content (AvgIpc) is 3.11. The van der Waals surface area contributed by atoms with Crippen LogP contribution in [0.2, 0.25) is 0 Å². The Kier molecular flexibility index (Phi) is 4.09. The lowest BCUT2D eigenvalue weighted by molar-refractivity contribution is 0.0845. The van der Waals surface area contributed by atoms with E-state index < -0.39 is 0 Å². The van der Waals surface area contributed by atoms with E-state index in [2.05, 4.69) is 4.90 Å². The van der Waals surface area contributed by atoms with Crippen LogP contribution >= 0.6 is 0 Å². The number of likely N-dealkylation sites (tertiary alicyclic amines) is 1. The van der Waals surface area contributed by atoms with E-state index in [4.69, 9.17) is 4.74 Å². The van der Waals surface area contributed by atoms with Crippen LogP contribution in [-0.2, 0) is 6.54 Å². The first-order valence-electron chi connectivity index (χ1n) is 8.68. The summed E-state index contributed by atoms with van der Waals surface area (Å²) in [7, 11) is 0. The highest BCUT2D eigenvalue weighted by Gasteiger charge is 2.31. The highest BCUT2D eigenvalue weighted by atomic mass is 16.5. The number of phenolic OH excluding ortho intramolecular Hbond substituents is 2. The van der Waals surface area contributed by atoms with Crippen LogP contribution < -0.4 is 4.74 Å². The minimum Gasteiger partial charge on any atom is -0.508 e. The summed E-state index contributed by atoms with van der Waals surface area (Å²) in [5, 5.41) is 19.7. The Balaban J connectivity index is 1.65. The van der Waals surface area contributed by atoms with Gasteiger partial charge in [-0.1, -0.05) is 12.1 Å². The van der Waals surface area contributed by atoms with Crippen molar-refractivity contribution < 1.29 is 19.7 Å². The molecule has 2 aromatic carbocycles. The summed E-state index contributed by atoms with van der Waals surface area (Å²) in [4.78, 5) is 15.1. The zero-order chi connectivity index (χ0) is 17.4. The van der Waals surface area contributed by atoms with Gasteiger partial charge in [-0.15, -0.1) is 0 Å². The fraction of sp³-hybridized carbons (Fsp3) is 0.350. The molecule has 2 N–H and O–H groups in total. The topological polar surface area (TPSA) is 70.0 Å². The highest BCUT2D eigenvalue weighted by molar-refractivity contribution is 6.02. The molecule has 5 heteroatoms. The molecule has 1 fully saturated rings. The summed E-state index contributed by atoms with van der Waals surface area (Å²) >= 11 is 0. The van der Waals surface area contributed by atoms with Crippen molar-refractivity contribution >= 4 is 5.78 Å². The van der Waals surface area contributed by atoms with Crippen molar-refractivity contribution in [2.75, 3.05) is 13.1 Å². The van der Waals surface area contributed by atoms with Gasteiger partial charge in [0.2, 0.25) is 0 Å². The number of carbonyl (C=O) groups excluding carboxylic acids is 1. The molecule has 0 spiro atoms. The van der Waals surface area contributed by atoms with Gasteiger partial charge in [0, 0.05) is 12.1 Å². The first-order valence-corrected chi connectivity index (χ1v) is 8.68. The van der Waals surface area contributed by atoms with Crippen LogP contribution in [0.25, 0.3) is 0 Å².